The molecule has 6 heteroatoms. The zero-order valence-corrected chi connectivity index (χ0v) is 13.2. The van der Waals surface area contributed by atoms with E-state index < -0.39 is 5.60 Å². The zero-order chi connectivity index (χ0) is 14.9. The molecule has 0 unspecified atom stereocenters. The third kappa shape index (κ3) is 3.20. The fraction of sp³-hybridized carbons (Fsp3) is 0.467. The first-order valence-corrected chi connectivity index (χ1v) is 7.85. The summed E-state index contributed by atoms with van der Waals surface area (Å²) < 4.78 is 6.36. The number of nitrogens with one attached hydrogen (secondary N) is 1. The third-order valence-corrected chi connectivity index (χ3v) is 4.69. The summed E-state index contributed by atoms with van der Waals surface area (Å²) in [5.74, 6) is 0.129. The van der Waals surface area contributed by atoms with Crippen LogP contribution in [-0.2, 0) is 16.0 Å². The van der Waals surface area contributed by atoms with Crippen molar-refractivity contribution in [1.29, 1.82) is 0 Å². The Kier molecular flexibility index (Phi) is 3.89. The lowest BCUT2D eigenvalue weighted by Crippen LogP contribution is -2.48. The van der Waals surface area contributed by atoms with Crippen molar-refractivity contribution >= 4 is 27.9 Å². The fourth-order valence-corrected chi connectivity index (χ4v) is 3.10. The molecule has 2 aliphatic rings. The van der Waals surface area contributed by atoms with Gasteiger partial charge in [0.1, 0.15) is 5.60 Å². The summed E-state index contributed by atoms with van der Waals surface area (Å²) in [5, 5.41) is 2.70. The number of piperidine rings is 1. The van der Waals surface area contributed by atoms with Crippen molar-refractivity contribution in [3.8, 4) is 0 Å². The second-order valence-corrected chi connectivity index (χ2v) is 6.53. The van der Waals surface area contributed by atoms with E-state index in [4.69, 9.17) is 4.74 Å². The lowest BCUT2D eigenvalue weighted by atomic mass is 9.91. The molecule has 0 radical (unpaired) electrons. The van der Waals surface area contributed by atoms with Gasteiger partial charge in [0, 0.05) is 30.4 Å². The molecular formula is C15H17BrN2O3. The minimum atomic E-state index is -0.397. The van der Waals surface area contributed by atoms with Gasteiger partial charge in [-0.05, 0) is 17.7 Å². The number of carbonyl (C=O) groups is 2. The number of halogens is 1. The van der Waals surface area contributed by atoms with Crippen LogP contribution in [0.1, 0.15) is 18.4 Å². The van der Waals surface area contributed by atoms with E-state index in [9.17, 15) is 9.59 Å². The predicted octanol–water partition coefficient (Wildman–Crippen LogP) is 2.09. The molecule has 5 nitrogen and oxygen atoms in total. The van der Waals surface area contributed by atoms with Crippen LogP contribution < -0.4 is 5.32 Å². The maximum atomic E-state index is 12.3. The molecule has 1 aromatic carbocycles. The molecule has 0 atom stereocenters. The molecule has 2 saturated heterocycles. The zero-order valence-electron chi connectivity index (χ0n) is 11.6. The van der Waals surface area contributed by atoms with Crippen LogP contribution in [-0.4, -0.2) is 42.1 Å². The van der Waals surface area contributed by atoms with Crippen LogP contribution in [0.15, 0.2) is 28.7 Å². The molecule has 0 bridgehead atoms. The van der Waals surface area contributed by atoms with Gasteiger partial charge in [0.25, 0.3) is 0 Å². The minimum absolute atomic E-state index is 0.129. The van der Waals surface area contributed by atoms with Gasteiger partial charge < -0.3 is 15.0 Å². The van der Waals surface area contributed by atoms with E-state index in [1.807, 2.05) is 29.2 Å². The molecule has 1 aromatic rings. The van der Waals surface area contributed by atoms with E-state index in [1.165, 1.54) is 0 Å². The molecule has 2 heterocycles. The van der Waals surface area contributed by atoms with Gasteiger partial charge in [-0.1, -0.05) is 28.1 Å². The number of hydrogen-bond donors (Lipinski definition) is 1. The molecule has 21 heavy (non-hydrogen) atoms. The van der Waals surface area contributed by atoms with E-state index in [0.717, 1.165) is 10.0 Å². The van der Waals surface area contributed by atoms with Crippen LogP contribution in [0.5, 0.6) is 0 Å². The second-order valence-electron chi connectivity index (χ2n) is 5.61. The second kappa shape index (κ2) is 5.67. The van der Waals surface area contributed by atoms with Crippen molar-refractivity contribution in [3.63, 3.8) is 0 Å². The van der Waals surface area contributed by atoms with Gasteiger partial charge >= 0.3 is 6.09 Å². The summed E-state index contributed by atoms with van der Waals surface area (Å²) >= 11 is 3.38. The number of carbonyl (C=O) groups excluding carboxylic acids is 2. The summed E-state index contributed by atoms with van der Waals surface area (Å²) in [6.45, 7) is 1.84. The van der Waals surface area contributed by atoms with Crippen molar-refractivity contribution in [2.75, 3.05) is 19.6 Å². The normalized spacial score (nSPS) is 20.2. The maximum Gasteiger partial charge on any atom is 0.407 e. The van der Waals surface area contributed by atoms with Crippen molar-refractivity contribution in [1.82, 2.24) is 10.2 Å². The van der Waals surface area contributed by atoms with Crippen LogP contribution in [0.4, 0.5) is 4.79 Å². The Balaban J connectivity index is 1.55. The first-order chi connectivity index (χ1) is 10.1. The predicted molar refractivity (Wildman–Crippen MR) is 80.9 cm³/mol. The highest BCUT2D eigenvalue weighted by atomic mass is 79.9. The van der Waals surface area contributed by atoms with Gasteiger partial charge in [-0.15, -0.1) is 0 Å². The molecule has 1 spiro atoms. The molecule has 112 valence electrons. The molecule has 2 aliphatic heterocycles. The van der Waals surface area contributed by atoms with Crippen LogP contribution in [0.2, 0.25) is 0 Å². The van der Waals surface area contributed by atoms with Crippen LogP contribution in [0, 0.1) is 0 Å². The van der Waals surface area contributed by atoms with Crippen molar-refractivity contribution in [2.45, 2.75) is 24.9 Å². The SMILES string of the molecule is O=C1NCC2(CCN(C(=O)Cc3ccc(Br)cc3)CC2)O1. The maximum absolute atomic E-state index is 12.3. The average Bonchev–Trinajstić information content (AvgIpc) is 2.83. The molecule has 0 aliphatic carbocycles. The van der Waals surface area contributed by atoms with E-state index in [-0.39, 0.29) is 12.0 Å². The standard InChI is InChI=1S/C15H17BrN2O3/c16-12-3-1-11(2-4-12)9-13(19)18-7-5-15(6-8-18)10-17-14(20)21-15/h1-4H,5-10H2,(H,17,20). The number of hydrogen-bond acceptors (Lipinski definition) is 3. The van der Waals surface area contributed by atoms with Gasteiger partial charge in [0.15, 0.2) is 0 Å². The molecule has 0 saturated carbocycles. The Morgan fingerprint density at radius 3 is 2.52 bits per heavy atom. The van der Waals surface area contributed by atoms with E-state index in [2.05, 4.69) is 21.2 Å². The van der Waals surface area contributed by atoms with E-state index >= 15 is 0 Å². The van der Waals surface area contributed by atoms with Gasteiger partial charge in [0.05, 0.1) is 13.0 Å². The third-order valence-electron chi connectivity index (χ3n) is 4.16. The summed E-state index contributed by atoms with van der Waals surface area (Å²) in [6, 6.07) is 7.79. The Bertz CT molecular complexity index is 551. The lowest BCUT2D eigenvalue weighted by Gasteiger charge is -2.37. The van der Waals surface area contributed by atoms with Crippen LogP contribution >= 0.6 is 15.9 Å². The highest BCUT2D eigenvalue weighted by Crippen LogP contribution is 2.29. The monoisotopic (exact) mass is 352 g/mol. The molecular weight excluding hydrogens is 336 g/mol. The smallest absolute Gasteiger partial charge is 0.407 e. The number of nitrogens with zero attached hydrogens (tertiary/aromatic N) is 1. The molecule has 2 fully saturated rings. The topological polar surface area (TPSA) is 58.6 Å². The first-order valence-electron chi connectivity index (χ1n) is 7.05. The van der Waals surface area contributed by atoms with Gasteiger partial charge in [-0.25, -0.2) is 4.79 Å². The van der Waals surface area contributed by atoms with Gasteiger partial charge in [0.2, 0.25) is 5.91 Å². The Hall–Kier alpha value is -1.56. The number of likely N-dealkylation sites (tertiary alicyclic amines) is 1. The van der Waals surface area contributed by atoms with E-state index in [0.29, 0.717) is 38.9 Å². The van der Waals surface area contributed by atoms with Crippen LogP contribution in [0.3, 0.4) is 0 Å². The summed E-state index contributed by atoms with van der Waals surface area (Å²) in [5.41, 5.74) is 0.614. The highest BCUT2D eigenvalue weighted by Gasteiger charge is 2.43. The Labute approximate surface area is 131 Å². The largest absolute Gasteiger partial charge is 0.441 e. The number of ether oxygens (including phenoxy) is 1. The summed E-state index contributed by atoms with van der Waals surface area (Å²) in [4.78, 5) is 25.4. The summed E-state index contributed by atoms with van der Waals surface area (Å²) in [7, 11) is 0. The van der Waals surface area contributed by atoms with Gasteiger partial charge in [-0.2, -0.15) is 0 Å². The number of alkyl carbamates (subject to hydrolysis) is 1. The fourth-order valence-electron chi connectivity index (χ4n) is 2.83. The van der Waals surface area contributed by atoms with Crippen molar-refractivity contribution < 1.29 is 14.3 Å². The number of rotatable bonds is 2. The van der Waals surface area contributed by atoms with Crippen molar-refractivity contribution in [2.24, 2.45) is 0 Å². The van der Waals surface area contributed by atoms with Crippen molar-refractivity contribution in [3.05, 3.63) is 34.3 Å². The van der Waals surface area contributed by atoms with Gasteiger partial charge in [-0.3, -0.25) is 4.79 Å². The molecule has 2 amide bonds. The Morgan fingerprint density at radius 1 is 1.29 bits per heavy atom. The quantitative estimate of drug-likeness (QED) is 0.886. The number of benzene rings is 1. The summed E-state index contributed by atoms with van der Waals surface area (Å²) in [6.07, 6.45) is 1.48. The Morgan fingerprint density at radius 2 is 1.95 bits per heavy atom. The molecule has 3 rings (SSSR count). The minimum Gasteiger partial charge on any atom is -0.441 e. The molecule has 1 N–H and O–H groups in total. The first kappa shape index (κ1) is 14.4. The lowest BCUT2D eigenvalue weighted by molar-refractivity contribution is -0.133. The van der Waals surface area contributed by atoms with E-state index in [1.54, 1.807) is 0 Å². The highest BCUT2D eigenvalue weighted by molar-refractivity contribution is 9.10. The van der Waals surface area contributed by atoms with Crippen LogP contribution in [0.25, 0.3) is 0 Å². The molecule has 0 aromatic heterocycles. The average molecular weight is 353 g/mol. The number of amides is 2.